The van der Waals surface area contributed by atoms with Crippen LogP contribution in [-0.4, -0.2) is 25.6 Å². The van der Waals surface area contributed by atoms with E-state index >= 15 is 0 Å². The minimum Gasteiger partial charge on any atom is -0.351 e. The van der Waals surface area contributed by atoms with E-state index in [0.29, 0.717) is 18.8 Å². The molecule has 1 aliphatic heterocycles. The van der Waals surface area contributed by atoms with Crippen LogP contribution < -0.4 is 0 Å². The molecule has 4 aromatic rings. The highest BCUT2D eigenvalue weighted by Crippen LogP contribution is 2.28. The van der Waals surface area contributed by atoms with E-state index in [9.17, 15) is 4.79 Å². The Hall–Kier alpha value is -3.08. The summed E-state index contributed by atoms with van der Waals surface area (Å²) in [7, 11) is 1.92. The van der Waals surface area contributed by atoms with Crippen molar-refractivity contribution >= 4 is 27.6 Å². The second-order valence-electron chi connectivity index (χ2n) is 6.33. The monoisotopic (exact) mass is 316 g/mol. The molecule has 2 aromatic carbocycles. The van der Waals surface area contributed by atoms with E-state index in [-0.39, 0.29) is 5.91 Å². The van der Waals surface area contributed by atoms with Crippen LogP contribution in [0.25, 0.3) is 21.7 Å². The molecule has 5 nitrogen and oxygen atoms in total. The second kappa shape index (κ2) is 4.71. The molecule has 2 aromatic heterocycles. The van der Waals surface area contributed by atoms with Crippen molar-refractivity contribution < 1.29 is 4.79 Å². The summed E-state index contributed by atoms with van der Waals surface area (Å²) in [5.74, 6) is 0.0338. The summed E-state index contributed by atoms with van der Waals surface area (Å²) in [4.78, 5) is 18.0. The van der Waals surface area contributed by atoms with E-state index in [1.807, 2.05) is 47.1 Å². The van der Waals surface area contributed by atoms with E-state index in [0.717, 1.165) is 22.2 Å². The number of H-pyrrole nitrogens is 1. The summed E-state index contributed by atoms with van der Waals surface area (Å²) in [6.07, 6.45) is 1.85. The van der Waals surface area contributed by atoms with Gasteiger partial charge in [0.1, 0.15) is 5.69 Å². The summed E-state index contributed by atoms with van der Waals surface area (Å²) in [6.45, 7) is 1.24. The summed E-state index contributed by atoms with van der Waals surface area (Å²) < 4.78 is 1.85. The van der Waals surface area contributed by atoms with Crippen LogP contribution in [0.3, 0.4) is 0 Å². The summed E-state index contributed by atoms with van der Waals surface area (Å²) >= 11 is 0. The third-order valence-corrected chi connectivity index (χ3v) is 4.90. The minimum atomic E-state index is 0.0338. The Morgan fingerprint density at radius 1 is 1.12 bits per heavy atom. The Kier molecular flexibility index (Phi) is 2.62. The maximum atomic E-state index is 12.9. The lowest BCUT2D eigenvalue weighted by molar-refractivity contribution is 0.0743. The highest BCUT2D eigenvalue weighted by atomic mass is 16.2. The van der Waals surface area contributed by atoms with Gasteiger partial charge in [-0.05, 0) is 22.9 Å². The molecule has 5 heteroatoms. The van der Waals surface area contributed by atoms with Crippen LogP contribution in [0.15, 0.2) is 48.7 Å². The molecule has 1 amide bonds. The Balaban J connectivity index is 1.55. The molecular weight excluding hydrogens is 300 g/mol. The van der Waals surface area contributed by atoms with Gasteiger partial charge < -0.3 is 9.88 Å². The number of rotatable bonds is 1. The Labute approximate surface area is 138 Å². The van der Waals surface area contributed by atoms with Gasteiger partial charge in [0.05, 0.1) is 18.4 Å². The lowest BCUT2D eigenvalue weighted by Gasteiger charge is -2.14. The number of hydrogen-bond donors (Lipinski definition) is 1. The molecule has 0 unspecified atom stereocenters. The predicted octanol–water partition coefficient (Wildman–Crippen LogP) is 3.21. The fourth-order valence-electron chi connectivity index (χ4n) is 3.60. The molecule has 0 radical (unpaired) electrons. The first-order valence-corrected chi connectivity index (χ1v) is 8.00. The number of aromatic nitrogens is 3. The Bertz CT molecular complexity index is 1110. The van der Waals surface area contributed by atoms with Gasteiger partial charge in [0.2, 0.25) is 0 Å². The average Bonchev–Trinajstić information content (AvgIpc) is 3.30. The smallest absolute Gasteiger partial charge is 0.270 e. The predicted molar refractivity (Wildman–Crippen MR) is 92.6 cm³/mol. The van der Waals surface area contributed by atoms with Crippen molar-refractivity contribution in [2.24, 2.45) is 7.05 Å². The zero-order valence-electron chi connectivity index (χ0n) is 13.3. The molecule has 0 fully saturated rings. The maximum absolute atomic E-state index is 12.9. The van der Waals surface area contributed by atoms with Gasteiger partial charge in [-0.2, -0.15) is 5.10 Å². The van der Waals surface area contributed by atoms with E-state index in [1.54, 1.807) is 0 Å². The number of fused-ring (bicyclic) bond motifs is 4. The largest absolute Gasteiger partial charge is 0.351 e. The van der Waals surface area contributed by atoms with Gasteiger partial charge in [-0.1, -0.05) is 30.3 Å². The van der Waals surface area contributed by atoms with E-state index in [4.69, 9.17) is 0 Å². The number of aryl methyl sites for hydroxylation is 1. The van der Waals surface area contributed by atoms with Crippen molar-refractivity contribution in [2.45, 2.75) is 13.1 Å². The lowest BCUT2D eigenvalue weighted by atomic mass is 10.1. The van der Waals surface area contributed by atoms with Crippen LogP contribution in [-0.2, 0) is 20.1 Å². The molecule has 3 heterocycles. The molecule has 5 rings (SSSR count). The van der Waals surface area contributed by atoms with Crippen LogP contribution >= 0.6 is 0 Å². The molecule has 0 saturated carbocycles. The molecule has 0 atom stereocenters. The first-order valence-electron chi connectivity index (χ1n) is 8.00. The number of nitrogens with one attached hydrogen (secondary N) is 1. The molecule has 0 aliphatic carbocycles. The zero-order chi connectivity index (χ0) is 16.3. The minimum absolute atomic E-state index is 0.0338. The van der Waals surface area contributed by atoms with E-state index in [2.05, 4.69) is 28.3 Å². The lowest BCUT2D eigenvalue weighted by Crippen LogP contribution is -2.26. The second-order valence-corrected chi connectivity index (χ2v) is 6.33. The van der Waals surface area contributed by atoms with Gasteiger partial charge in [-0.25, -0.2) is 0 Å². The number of hydrogen-bond acceptors (Lipinski definition) is 2. The molecular formula is C19H16N4O. The highest BCUT2D eigenvalue weighted by Gasteiger charge is 2.27. The normalized spacial score (nSPS) is 13.8. The van der Waals surface area contributed by atoms with Gasteiger partial charge >= 0.3 is 0 Å². The van der Waals surface area contributed by atoms with Gasteiger partial charge in [0, 0.05) is 30.1 Å². The van der Waals surface area contributed by atoms with Crippen LogP contribution in [0, 0.1) is 0 Å². The molecule has 0 spiro atoms. The third kappa shape index (κ3) is 1.81. The summed E-state index contributed by atoms with van der Waals surface area (Å²) in [5, 5.41) is 7.69. The van der Waals surface area contributed by atoms with Crippen molar-refractivity contribution in [1.29, 1.82) is 0 Å². The van der Waals surface area contributed by atoms with E-state index < -0.39 is 0 Å². The number of carbonyl (C=O) groups excluding carboxylic acids is 1. The van der Waals surface area contributed by atoms with Crippen LogP contribution in [0.5, 0.6) is 0 Å². The average molecular weight is 316 g/mol. The number of carbonyl (C=O) groups is 1. The number of amides is 1. The van der Waals surface area contributed by atoms with Crippen LogP contribution in [0.1, 0.15) is 21.7 Å². The van der Waals surface area contributed by atoms with Crippen molar-refractivity contribution in [3.8, 4) is 0 Å². The standard InChI is InChI=1S/C19H16N4O/c1-22-18-11-23(10-13(18)9-20-22)19(24)17-8-15-14-5-3-2-4-12(14)6-7-16(15)21-17/h2-9,21H,10-11H2,1H3. The molecule has 1 aliphatic rings. The number of aromatic amines is 1. The van der Waals surface area contributed by atoms with Crippen LogP contribution in [0.4, 0.5) is 0 Å². The first kappa shape index (κ1) is 13.4. The maximum Gasteiger partial charge on any atom is 0.270 e. The van der Waals surface area contributed by atoms with Crippen molar-refractivity contribution in [3.05, 3.63) is 65.6 Å². The Morgan fingerprint density at radius 3 is 2.88 bits per heavy atom. The highest BCUT2D eigenvalue weighted by molar-refractivity contribution is 6.09. The van der Waals surface area contributed by atoms with Crippen molar-refractivity contribution in [3.63, 3.8) is 0 Å². The van der Waals surface area contributed by atoms with Crippen LogP contribution in [0.2, 0.25) is 0 Å². The quantitative estimate of drug-likeness (QED) is 0.586. The van der Waals surface area contributed by atoms with Crippen molar-refractivity contribution in [2.75, 3.05) is 0 Å². The zero-order valence-corrected chi connectivity index (χ0v) is 13.3. The molecule has 0 bridgehead atoms. The van der Waals surface area contributed by atoms with Gasteiger partial charge in [0.15, 0.2) is 0 Å². The fourth-order valence-corrected chi connectivity index (χ4v) is 3.60. The molecule has 118 valence electrons. The number of nitrogens with zero attached hydrogens (tertiary/aromatic N) is 3. The topological polar surface area (TPSA) is 53.9 Å². The number of benzene rings is 2. The first-order chi connectivity index (χ1) is 11.7. The fraction of sp³-hybridized carbons (Fsp3) is 0.158. The van der Waals surface area contributed by atoms with Gasteiger partial charge in [-0.15, -0.1) is 0 Å². The van der Waals surface area contributed by atoms with E-state index in [1.165, 1.54) is 10.8 Å². The third-order valence-electron chi connectivity index (χ3n) is 4.90. The van der Waals surface area contributed by atoms with Gasteiger partial charge in [-0.3, -0.25) is 9.48 Å². The Morgan fingerprint density at radius 2 is 2.00 bits per heavy atom. The summed E-state index contributed by atoms with van der Waals surface area (Å²) in [6, 6.07) is 14.3. The molecule has 24 heavy (non-hydrogen) atoms. The molecule has 0 saturated heterocycles. The van der Waals surface area contributed by atoms with Crippen molar-refractivity contribution in [1.82, 2.24) is 19.7 Å². The molecule has 1 N–H and O–H groups in total. The van der Waals surface area contributed by atoms with Gasteiger partial charge in [0.25, 0.3) is 5.91 Å². The SMILES string of the molecule is Cn1ncc2c1CN(C(=O)c1cc3c(ccc4ccccc43)[nH]1)C2. The summed E-state index contributed by atoms with van der Waals surface area (Å²) in [5.41, 5.74) is 3.88.